The van der Waals surface area contributed by atoms with Gasteiger partial charge in [-0.25, -0.2) is 9.18 Å². The highest BCUT2D eigenvalue weighted by molar-refractivity contribution is 9.10. The summed E-state index contributed by atoms with van der Waals surface area (Å²) in [6.07, 6.45) is 0.595. The van der Waals surface area contributed by atoms with Gasteiger partial charge in [-0.15, -0.1) is 0 Å². The van der Waals surface area contributed by atoms with Gasteiger partial charge < -0.3 is 9.74 Å². The zero-order chi connectivity index (χ0) is 21.6. The molecule has 0 unspecified atom stereocenters. The Bertz CT molecular complexity index is 855. The van der Waals surface area contributed by atoms with Crippen LogP contribution in [0.5, 0.6) is 0 Å². The van der Waals surface area contributed by atoms with E-state index in [1.165, 1.54) is 19.1 Å². The average Bonchev–Trinajstić information content (AvgIpc) is 2.68. The molecule has 0 saturated carbocycles. The highest BCUT2D eigenvalue weighted by Gasteiger charge is 2.30. The fourth-order valence-corrected chi connectivity index (χ4v) is 2.89. The summed E-state index contributed by atoms with van der Waals surface area (Å²) in [5.74, 6) is -1.14. The van der Waals surface area contributed by atoms with E-state index in [-0.39, 0.29) is 18.3 Å². The molecule has 0 aliphatic carbocycles. The lowest BCUT2D eigenvalue weighted by Gasteiger charge is -2.30. The number of benzene rings is 2. The van der Waals surface area contributed by atoms with Crippen LogP contribution < -0.4 is 4.90 Å². The van der Waals surface area contributed by atoms with Gasteiger partial charge in [0.25, 0.3) is 5.91 Å². The number of anilines is 2. The lowest BCUT2D eigenvalue weighted by Crippen LogP contribution is -2.41. The minimum Gasteiger partial charge on any atom is -0.340 e. The van der Waals surface area contributed by atoms with Crippen LogP contribution in [0.25, 0.3) is 0 Å². The molecule has 2 rings (SSSR count). The normalized spacial score (nSPS) is 11.1. The molecule has 0 atom stereocenters. The number of halogens is 2. The molecule has 29 heavy (non-hydrogen) atoms. The SMILES string of the molecule is CCC(C)(C)C(=O)ON(CCN(c1ccc(F)cc1)c1cccc(Br)c1)C(C)=O. The van der Waals surface area contributed by atoms with E-state index >= 15 is 0 Å². The summed E-state index contributed by atoms with van der Waals surface area (Å²) in [6.45, 7) is 7.31. The van der Waals surface area contributed by atoms with Crippen molar-refractivity contribution in [2.75, 3.05) is 18.0 Å². The summed E-state index contributed by atoms with van der Waals surface area (Å²) in [5.41, 5.74) is 0.928. The maximum atomic E-state index is 13.4. The molecule has 0 aliphatic rings. The number of amides is 1. The van der Waals surface area contributed by atoms with E-state index in [1.54, 1.807) is 26.0 Å². The van der Waals surface area contributed by atoms with E-state index in [4.69, 9.17) is 4.84 Å². The van der Waals surface area contributed by atoms with E-state index in [0.717, 1.165) is 20.9 Å². The van der Waals surface area contributed by atoms with E-state index in [1.807, 2.05) is 36.1 Å². The Labute approximate surface area is 179 Å². The van der Waals surface area contributed by atoms with Crippen molar-refractivity contribution in [2.24, 2.45) is 5.41 Å². The minimum atomic E-state index is -0.686. The molecular formula is C22H26BrFN2O3. The predicted molar refractivity (Wildman–Crippen MR) is 115 cm³/mol. The number of hydrogen-bond donors (Lipinski definition) is 0. The van der Waals surface area contributed by atoms with Crippen LogP contribution in [-0.2, 0) is 14.4 Å². The van der Waals surface area contributed by atoms with Gasteiger partial charge in [-0.05, 0) is 62.7 Å². The van der Waals surface area contributed by atoms with Crippen LogP contribution in [0.2, 0.25) is 0 Å². The largest absolute Gasteiger partial charge is 0.340 e. The first-order chi connectivity index (χ1) is 13.6. The van der Waals surface area contributed by atoms with Crippen molar-refractivity contribution in [3.8, 4) is 0 Å². The standard InChI is InChI=1S/C22H26BrFN2O3/c1-5-22(3,4)21(28)29-26(16(2)27)14-13-25(19-11-9-18(24)10-12-19)20-8-6-7-17(23)15-20/h6-12,15H,5,13-14H2,1-4H3. The number of hydrogen-bond acceptors (Lipinski definition) is 4. The van der Waals surface area contributed by atoms with Crippen LogP contribution in [0.3, 0.4) is 0 Å². The summed E-state index contributed by atoms with van der Waals surface area (Å²) in [7, 11) is 0. The Hall–Kier alpha value is -2.41. The van der Waals surface area contributed by atoms with E-state index in [0.29, 0.717) is 13.0 Å². The molecule has 7 heteroatoms. The van der Waals surface area contributed by atoms with Crippen LogP contribution in [0.1, 0.15) is 34.1 Å². The third-order valence-electron chi connectivity index (χ3n) is 4.77. The van der Waals surface area contributed by atoms with Crippen molar-refractivity contribution in [1.82, 2.24) is 5.06 Å². The molecule has 2 aromatic rings. The topological polar surface area (TPSA) is 49.9 Å². The van der Waals surface area contributed by atoms with Crippen molar-refractivity contribution < 1.29 is 18.8 Å². The van der Waals surface area contributed by atoms with Crippen molar-refractivity contribution in [3.63, 3.8) is 0 Å². The van der Waals surface area contributed by atoms with Gasteiger partial charge in [-0.3, -0.25) is 4.79 Å². The van der Waals surface area contributed by atoms with Crippen LogP contribution >= 0.6 is 15.9 Å². The molecule has 5 nitrogen and oxygen atoms in total. The van der Waals surface area contributed by atoms with Gasteiger partial charge in [0, 0.05) is 29.3 Å². The second-order valence-corrected chi connectivity index (χ2v) is 8.26. The molecule has 0 saturated heterocycles. The number of hydroxylamine groups is 2. The lowest BCUT2D eigenvalue weighted by molar-refractivity contribution is -0.204. The van der Waals surface area contributed by atoms with Crippen molar-refractivity contribution in [3.05, 3.63) is 58.8 Å². The molecule has 0 aliphatic heterocycles. The highest BCUT2D eigenvalue weighted by Crippen LogP contribution is 2.28. The Morgan fingerprint density at radius 2 is 1.72 bits per heavy atom. The molecule has 0 fully saturated rings. The van der Waals surface area contributed by atoms with Crippen LogP contribution in [0.15, 0.2) is 53.0 Å². The zero-order valence-corrected chi connectivity index (χ0v) is 18.7. The van der Waals surface area contributed by atoms with E-state index < -0.39 is 11.4 Å². The second kappa shape index (κ2) is 9.87. The van der Waals surface area contributed by atoms with Crippen LogP contribution in [0, 0.1) is 11.2 Å². The zero-order valence-electron chi connectivity index (χ0n) is 17.1. The summed E-state index contributed by atoms with van der Waals surface area (Å²) < 4.78 is 14.3. The average molecular weight is 465 g/mol. The van der Waals surface area contributed by atoms with Crippen LogP contribution in [-0.4, -0.2) is 30.0 Å². The number of carbonyl (C=O) groups excluding carboxylic acids is 2. The molecular weight excluding hydrogens is 439 g/mol. The molecule has 0 radical (unpaired) electrons. The molecule has 1 amide bonds. The fourth-order valence-electron chi connectivity index (χ4n) is 2.50. The minimum absolute atomic E-state index is 0.157. The monoisotopic (exact) mass is 464 g/mol. The Kier molecular flexibility index (Phi) is 7.79. The lowest BCUT2D eigenvalue weighted by atomic mass is 9.91. The summed E-state index contributed by atoms with van der Waals surface area (Å²) in [6, 6.07) is 13.7. The van der Waals surface area contributed by atoms with Gasteiger partial charge in [0.05, 0.1) is 12.0 Å². The smallest absolute Gasteiger partial charge is 0.338 e. The van der Waals surface area contributed by atoms with Gasteiger partial charge in [0.1, 0.15) is 5.82 Å². The summed E-state index contributed by atoms with van der Waals surface area (Å²) in [5, 5.41) is 1.08. The molecule has 156 valence electrons. The number of nitrogens with zero attached hydrogens (tertiary/aromatic N) is 2. The Morgan fingerprint density at radius 1 is 1.07 bits per heavy atom. The first kappa shape index (κ1) is 22.9. The highest BCUT2D eigenvalue weighted by atomic mass is 79.9. The van der Waals surface area contributed by atoms with Gasteiger partial charge >= 0.3 is 5.97 Å². The van der Waals surface area contributed by atoms with Gasteiger partial charge in [0.2, 0.25) is 0 Å². The van der Waals surface area contributed by atoms with Crippen molar-refractivity contribution in [1.29, 1.82) is 0 Å². The number of rotatable bonds is 7. The molecule has 0 aromatic heterocycles. The second-order valence-electron chi connectivity index (χ2n) is 7.35. The summed E-state index contributed by atoms with van der Waals surface area (Å²) in [4.78, 5) is 31.8. The third-order valence-corrected chi connectivity index (χ3v) is 5.26. The fraction of sp³-hybridized carbons (Fsp3) is 0.364. The van der Waals surface area contributed by atoms with Gasteiger partial charge in [-0.2, -0.15) is 5.06 Å². The molecule has 0 N–H and O–H groups in total. The first-order valence-electron chi connectivity index (χ1n) is 9.43. The Morgan fingerprint density at radius 3 is 2.28 bits per heavy atom. The number of carbonyl (C=O) groups is 2. The Balaban J connectivity index is 2.24. The van der Waals surface area contributed by atoms with Gasteiger partial charge in [0.15, 0.2) is 0 Å². The quantitative estimate of drug-likeness (QED) is 0.509. The maximum absolute atomic E-state index is 13.4. The third kappa shape index (κ3) is 6.29. The van der Waals surface area contributed by atoms with E-state index in [9.17, 15) is 14.0 Å². The first-order valence-corrected chi connectivity index (χ1v) is 10.2. The molecule has 0 bridgehead atoms. The summed E-state index contributed by atoms with van der Waals surface area (Å²) >= 11 is 3.46. The van der Waals surface area contributed by atoms with Crippen LogP contribution in [0.4, 0.5) is 15.8 Å². The molecule has 2 aromatic carbocycles. The van der Waals surface area contributed by atoms with E-state index in [2.05, 4.69) is 15.9 Å². The predicted octanol–water partition coefficient (Wildman–Crippen LogP) is 5.47. The van der Waals surface area contributed by atoms with Crippen molar-refractivity contribution in [2.45, 2.75) is 34.1 Å². The van der Waals surface area contributed by atoms with Crippen molar-refractivity contribution >= 4 is 39.2 Å². The molecule has 0 heterocycles. The van der Waals surface area contributed by atoms with Gasteiger partial charge in [-0.1, -0.05) is 28.9 Å². The maximum Gasteiger partial charge on any atom is 0.338 e. The molecule has 0 spiro atoms.